The van der Waals surface area contributed by atoms with Crippen molar-refractivity contribution in [3.05, 3.63) is 65.2 Å². The molecule has 0 bridgehead atoms. The molecule has 0 saturated carbocycles. The Labute approximate surface area is 186 Å². The van der Waals surface area contributed by atoms with Crippen molar-refractivity contribution in [2.45, 2.75) is 62.9 Å². The van der Waals surface area contributed by atoms with Gasteiger partial charge in [-0.2, -0.15) is 0 Å². The lowest BCUT2D eigenvalue weighted by Gasteiger charge is -2.49. The molecule has 0 radical (unpaired) electrons. The summed E-state index contributed by atoms with van der Waals surface area (Å²) >= 11 is 0. The van der Waals surface area contributed by atoms with Crippen LogP contribution in [0, 0.1) is 0 Å². The summed E-state index contributed by atoms with van der Waals surface area (Å²) in [5.74, 6) is 0.442. The molecule has 4 heteroatoms. The minimum Gasteiger partial charge on any atom is -0.368 e. The summed E-state index contributed by atoms with van der Waals surface area (Å²) in [6.45, 7) is 5.73. The molecule has 164 valence electrons. The molecular formula is C27H35N3O. The Hall–Kier alpha value is -2.33. The van der Waals surface area contributed by atoms with Gasteiger partial charge in [0.25, 0.3) is 0 Å². The second kappa shape index (κ2) is 8.31. The number of anilines is 1. The zero-order valence-electron chi connectivity index (χ0n) is 18.9. The lowest BCUT2D eigenvalue weighted by molar-refractivity contribution is -0.120. The van der Waals surface area contributed by atoms with Crippen LogP contribution in [0.25, 0.3) is 0 Å². The molecule has 1 saturated heterocycles. The van der Waals surface area contributed by atoms with Crippen molar-refractivity contribution in [3.63, 3.8) is 0 Å². The monoisotopic (exact) mass is 417 g/mol. The third-order valence-corrected chi connectivity index (χ3v) is 8.12. The molecule has 2 aromatic rings. The van der Waals surface area contributed by atoms with Gasteiger partial charge in [-0.15, -0.1) is 0 Å². The predicted octanol–water partition coefficient (Wildman–Crippen LogP) is 4.44. The number of aryl methyl sites for hydroxylation is 1. The number of para-hydroxylation sites is 1. The van der Waals surface area contributed by atoms with E-state index in [0.29, 0.717) is 18.4 Å². The summed E-state index contributed by atoms with van der Waals surface area (Å²) in [6, 6.07) is 18.4. The molecule has 4 nitrogen and oxygen atoms in total. The number of hydrogen-bond acceptors (Lipinski definition) is 3. The van der Waals surface area contributed by atoms with Crippen LogP contribution in [0.5, 0.6) is 0 Å². The van der Waals surface area contributed by atoms with Gasteiger partial charge in [-0.05, 0) is 61.8 Å². The SMILES string of the molecule is CNC(=O)CC1CN(C2CCN(C3(C)CCCc4ccccc43)CC2)c2ccccc21. The Bertz CT molecular complexity index is 949. The molecule has 1 N–H and O–H groups in total. The number of nitrogens with zero attached hydrogens (tertiary/aromatic N) is 2. The second-order valence-corrected chi connectivity index (χ2v) is 9.79. The molecule has 2 aromatic carbocycles. The van der Waals surface area contributed by atoms with Crippen molar-refractivity contribution >= 4 is 11.6 Å². The molecule has 2 aliphatic heterocycles. The molecule has 1 fully saturated rings. The van der Waals surface area contributed by atoms with Gasteiger partial charge in [-0.1, -0.05) is 42.5 Å². The van der Waals surface area contributed by atoms with E-state index in [-0.39, 0.29) is 11.4 Å². The Morgan fingerprint density at radius 1 is 1.10 bits per heavy atom. The normalized spacial score (nSPS) is 26.4. The maximum Gasteiger partial charge on any atom is 0.220 e. The van der Waals surface area contributed by atoms with E-state index in [1.165, 1.54) is 43.4 Å². The smallest absolute Gasteiger partial charge is 0.220 e. The van der Waals surface area contributed by atoms with Gasteiger partial charge in [0, 0.05) is 56.3 Å². The van der Waals surface area contributed by atoms with Crippen LogP contribution < -0.4 is 10.2 Å². The maximum atomic E-state index is 12.1. The van der Waals surface area contributed by atoms with Crippen LogP contribution in [-0.2, 0) is 16.8 Å². The molecule has 2 atom stereocenters. The number of hydrogen-bond donors (Lipinski definition) is 1. The Morgan fingerprint density at radius 3 is 2.65 bits per heavy atom. The van der Waals surface area contributed by atoms with Crippen molar-refractivity contribution in [1.29, 1.82) is 0 Å². The topological polar surface area (TPSA) is 35.6 Å². The summed E-state index contributed by atoms with van der Waals surface area (Å²) in [6.07, 6.45) is 6.73. The largest absolute Gasteiger partial charge is 0.368 e. The second-order valence-electron chi connectivity index (χ2n) is 9.79. The highest BCUT2D eigenvalue weighted by Crippen LogP contribution is 2.44. The Morgan fingerprint density at radius 2 is 1.84 bits per heavy atom. The van der Waals surface area contributed by atoms with Gasteiger partial charge >= 0.3 is 0 Å². The fourth-order valence-corrected chi connectivity index (χ4v) is 6.40. The van der Waals surface area contributed by atoms with E-state index in [1.807, 2.05) is 0 Å². The number of carbonyl (C=O) groups is 1. The lowest BCUT2D eigenvalue weighted by Crippen LogP contribution is -2.53. The Kier molecular flexibility index (Phi) is 5.51. The fourth-order valence-electron chi connectivity index (χ4n) is 6.40. The van der Waals surface area contributed by atoms with Crippen molar-refractivity contribution in [1.82, 2.24) is 10.2 Å². The summed E-state index contributed by atoms with van der Waals surface area (Å²) in [5.41, 5.74) is 5.97. The standard InChI is InChI=1S/C27H35N3O/c1-27(15-7-9-20-8-3-5-11-24(20)27)29-16-13-22(14-17-29)30-19-21(18-26(31)28-2)23-10-4-6-12-25(23)30/h3-6,8,10-12,21-22H,7,9,13-19H2,1-2H3,(H,28,31). The first-order valence-corrected chi connectivity index (χ1v) is 12.0. The van der Waals surface area contributed by atoms with Crippen molar-refractivity contribution < 1.29 is 4.79 Å². The summed E-state index contributed by atoms with van der Waals surface area (Å²) in [4.78, 5) is 17.4. The zero-order valence-corrected chi connectivity index (χ0v) is 18.9. The fraction of sp³-hybridized carbons (Fsp3) is 0.519. The third-order valence-electron chi connectivity index (χ3n) is 8.12. The van der Waals surface area contributed by atoms with Gasteiger partial charge < -0.3 is 10.2 Å². The lowest BCUT2D eigenvalue weighted by atomic mass is 9.75. The number of piperidine rings is 1. The zero-order chi connectivity index (χ0) is 21.4. The third kappa shape index (κ3) is 3.65. The first kappa shape index (κ1) is 20.6. The predicted molar refractivity (Wildman–Crippen MR) is 127 cm³/mol. The molecule has 31 heavy (non-hydrogen) atoms. The van der Waals surface area contributed by atoms with Crippen LogP contribution in [0.2, 0.25) is 0 Å². The number of nitrogens with one attached hydrogen (secondary N) is 1. The molecule has 1 aliphatic carbocycles. The quantitative estimate of drug-likeness (QED) is 0.799. The highest BCUT2D eigenvalue weighted by atomic mass is 16.1. The number of rotatable bonds is 4. The van der Waals surface area contributed by atoms with E-state index in [0.717, 1.165) is 19.6 Å². The minimum atomic E-state index is 0.139. The van der Waals surface area contributed by atoms with E-state index >= 15 is 0 Å². The summed E-state index contributed by atoms with van der Waals surface area (Å²) in [5, 5.41) is 2.81. The summed E-state index contributed by atoms with van der Waals surface area (Å²) < 4.78 is 0. The van der Waals surface area contributed by atoms with Gasteiger partial charge in [0.15, 0.2) is 0 Å². The van der Waals surface area contributed by atoms with Crippen LogP contribution in [0.4, 0.5) is 5.69 Å². The van der Waals surface area contributed by atoms with Crippen molar-refractivity contribution in [3.8, 4) is 0 Å². The van der Waals surface area contributed by atoms with Gasteiger partial charge in [0.05, 0.1) is 0 Å². The van der Waals surface area contributed by atoms with E-state index < -0.39 is 0 Å². The van der Waals surface area contributed by atoms with Crippen LogP contribution in [-0.4, -0.2) is 43.5 Å². The van der Waals surface area contributed by atoms with E-state index in [9.17, 15) is 4.79 Å². The summed E-state index contributed by atoms with van der Waals surface area (Å²) in [7, 11) is 1.74. The van der Waals surface area contributed by atoms with Crippen LogP contribution in [0.3, 0.4) is 0 Å². The average Bonchev–Trinajstić information content (AvgIpc) is 3.18. The average molecular weight is 418 g/mol. The number of benzene rings is 2. The molecule has 0 aromatic heterocycles. The number of likely N-dealkylation sites (tertiary alicyclic amines) is 1. The van der Waals surface area contributed by atoms with Crippen LogP contribution in [0.1, 0.15) is 61.6 Å². The van der Waals surface area contributed by atoms with Crippen LogP contribution in [0.15, 0.2) is 48.5 Å². The number of fused-ring (bicyclic) bond motifs is 2. The first-order valence-electron chi connectivity index (χ1n) is 12.0. The minimum absolute atomic E-state index is 0.139. The molecule has 1 amide bonds. The van der Waals surface area contributed by atoms with Gasteiger partial charge in [-0.25, -0.2) is 0 Å². The maximum absolute atomic E-state index is 12.1. The highest BCUT2D eigenvalue weighted by Gasteiger charge is 2.41. The molecule has 2 heterocycles. The number of amides is 1. The number of carbonyl (C=O) groups excluding carboxylic acids is 1. The van der Waals surface area contributed by atoms with Gasteiger partial charge in [-0.3, -0.25) is 9.69 Å². The highest BCUT2D eigenvalue weighted by molar-refractivity contribution is 5.78. The molecule has 5 rings (SSSR count). The van der Waals surface area contributed by atoms with Gasteiger partial charge in [0.2, 0.25) is 5.91 Å². The molecular weight excluding hydrogens is 382 g/mol. The molecule has 0 spiro atoms. The first-order chi connectivity index (χ1) is 15.1. The van der Waals surface area contributed by atoms with Crippen LogP contribution >= 0.6 is 0 Å². The Balaban J connectivity index is 1.31. The molecule has 2 unspecified atom stereocenters. The van der Waals surface area contributed by atoms with E-state index in [2.05, 4.69) is 70.6 Å². The van der Waals surface area contributed by atoms with Gasteiger partial charge in [0.1, 0.15) is 0 Å². The van der Waals surface area contributed by atoms with E-state index in [4.69, 9.17) is 0 Å². The van der Waals surface area contributed by atoms with Crippen molar-refractivity contribution in [2.75, 3.05) is 31.6 Å². The van der Waals surface area contributed by atoms with Crippen molar-refractivity contribution in [2.24, 2.45) is 0 Å². The van der Waals surface area contributed by atoms with E-state index in [1.54, 1.807) is 18.2 Å². The molecule has 3 aliphatic rings.